The van der Waals surface area contributed by atoms with Crippen LogP contribution in [0, 0.1) is 11.8 Å². The minimum atomic E-state index is 0.220. The van der Waals surface area contributed by atoms with Gasteiger partial charge in [0.15, 0.2) is 10.8 Å². The molecule has 8 heteroatoms. The predicted octanol–water partition coefficient (Wildman–Crippen LogP) is 4.69. The van der Waals surface area contributed by atoms with Gasteiger partial charge in [-0.05, 0) is 62.3 Å². The molecule has 1 saturated heterocycles. The van der Waals surface area contributed by atoms with E-state index in [1.165, 1.54) is 46.9 Å². The standard InChI is InChI=1S/C23H29N5OS2/c1-13-7-9-27(10-8-13)18(29)12-30-23-26-25-21-19-16-6-3-14(2)11-17(16)31-22(19)24-20(28(21)23)15-4-5-15/h13-15H,3-12H2,1-2H3/t14-/m0/s1. The summed E-state index contributed by atoms with van der Waals surface area (Å²) < 4.78 is 2.18. The zero-order valence-corrected chi connectivity index (χ0v) is 19.9. The lowest BCUT2D eigenvalue weighted by Gasteiger charge is -2.30. The second-order valence-electron chi connectivity index (χ2n) is 9.77. The fourth-order valence-corrected chi connectivity index (χ4v) is 7.25. The summed E-state index contributed by atoms with van der Waals surface area (Å²) in [5.41, 5.74) is 2.40. The van der Waals surface area contributed by atoms with Crippen molar-refractivity contribution in [1.82, 2.24) is 24.5 Å². The molecule has 6 nitrogen and oxygen atoms in total. The van der Waals surface area contributed by atoms with Crippen molar-refractivity contribution < 1.29 is 4.79 Å². The molecule has 1 saturated carbocycles. The molecule has 0 radical (unpaired) electrons. The quantitative estimate of drug-likeness (QED) is 0.534. The number of carbonyl (C=O) groups excluding carboxylic acids is 1. The van der Waals surface area contributed by atoms with Crippen LogP contribution in [0.25, 0.3) is 15.9 Å². The molecule has 1 amide bonds. The summed E-state index contributed by atoms with van der Waals surface area (Å²) in [6.45, 7) is 6.39. The predicted molar refractivity (Wildman–Crippen MR) is 125 cm³/mol. The summed E-state index contributed by atoms with van der Waals surface area (Å²) >= 11 is 3.39. The second-order valence-corrected chi connectivity index (χ2v) is 11.8. The molecule has 6 rings (SSSR count). The first-order valence-corrected chi connectivity index (χ1v) is 13.5. The maximum Gasteiger partial charge on any atom is 0.233 e. The van der Waals surface area contributed by atoms with Gasteiger partial charge in [0.1, 0.15) is 10.7 Å². The summed E-state index contributed by atoms with van der Waals surface area (Å²) in [5.74, 6) is 3.72. The van der Waals surface area contributed by atoms with Crippen LogP contribution in [0.4, 0.5) is 0 Å². The lowest BCUT2D eigenvalue weighted by atomic mass is 9.89. The highest BCUT2D eigenvalue weighted by Crippen LogP contribution is 2.44. The van der Waals surface area contributed by atoms with Crippen molar-refractivity contribution in [3.8, 4) is 0 Å². The van der Waals surface area contributed by atoms with Gasteiger partial charge in [-0.2, -0.15) is 0 Å². The van der Waals surface area contributed by atoms with E-state index in [1.807, 2.05) is 16.2 Å². The fraction of sp³-hybridized carbons (Fsp3) is 0.652. The van der Waals surface area contributed by atoms with E-state index in [9.17, 15) is 4.79 Å². The molecule has 31 heavy (non-hydrogen) atoms. The number of nitrogens with zero attached hydrogens (tertiary/aromatic N) is 5. The maximum absolute atomic E-state index is 12.8. The number of hydrogen-bond donors (Lipinski definition) is 0. The van der Waals surface area contributed by atoms with Gasteiger partial charge in [-0.1, -0.05) is 25.6 Å². The second kappa shape index (κ2) is 7.73. The molecule has 0 spiro atoms. The summed E-state index contributed by atoms with van der Waals surface area (Å²) in [5, 5.41) is 11.3. The number of fused-ring (bicyclic) bond motifs is 5. The Morgan fingerprint density at radius 1 is 1.10 bits per heavy atom. The molecule has 0 N–H and O–H groups in total. The molecule has 164 valence electrons. The topological polar surface area (TPSA) is 63.4 Å². The number of amides is 1. The Labute approximate surface area is 190 Å². The smallest absolute Gasteiger partial charge is 0.233 e. The molecule has 2 aliphatic carbocycles. The van der Waals surface area contributed by atoms with Crippen molar-refractivity contribution in [2.24, 2.45) is 11.8 Å². The Morgan fingerprint density at radius 3 is 2.68 bits per heavy atom. The van der Waals surface area contributed by atoms with Crippen LogP contribution in [-0.4, -0.2) is 49.2 Å². The van der Waals surface area contributed by atoms with Crippen molar-refractivity contribution in [3.63, 3.8) is 0 Å². The third-order valence-corrected chi connectivity index (χ3v) is 9.26. The molecule has 0 aromatic carbocycles. The van der Waals surface area contributed by atoms with Crippen LogP contribution in [0.2, 0.25) is 0 Å². The van der Waals surface area contributed by atoms with Crippen LogP contribution in [0.5, 0.6) is 0 Å². The van der Waals surface area contributed by atoms with Gasteiger partial charge in [0, 0.05) is 23.9 Å². The maximum atomic E-state index is 12.8. The zero-order valence-electron chi connectivity index (χ0n) is 18.3. The number of aromatic nitrogens is 4. The van der Waals surface area contributed by atoms with Crippen molar-refractivity contribution in [1.29, 1.82) is 0 Å². The minimum Gasteiger partial charge on any atom is -0.342 e. The highest BCUT2D eigenvalue weighted by atomic mass is 32.2. The van der Waals surface area contributed by atoms with Crippen LogP contribution in [0.15, 0.2) is 5.16 Å². The normalized spacial score (nSPS) is 22.4. The molecular weight excluding hydrogens is 426 g/mol. The minimum absolute atomic E-state index is 0.220. The van der Waals surface area contributed by atoms with Gasteiger partial charge in [-0.3, -0.25) is 9.20 Å². The summed E-state index contributed by atoms with van der Waals surface area (Å²) in [4.78, 5) is 22.6. The third-order valence-electron chi connectivity index (χ3n) is 7.20. The summed E-state index contributed by atoms with van der Waals surface area (Å²) in [6.07, 6.45) is 8.08. The lowest BCUT2D eigenvalue weighted by molar-refractivity contribution is -0.129. The van der Waals surface area contributed by atoms with Gasteiger partial charge in [0.05, 0.1) is 11.1 Å². The van der Waals surface area contributed by atoms with E-state index in [-0.39, 0.29) is 5.91 Å². The van der Waals surface area contributed by atoms with Crippen molar-refractivity contribution in [2.45, 2.75) is 69.9 Å². The first-order valence-electron chi connectivity index (χ1n) is 11.7. The summed E-state index contributed by atoms with van der Waals surface area (Å²) in [7, 11) is 0. The van der Waals surface area contributed by atoms with Crippen LogP contribution < -0.4 is 0 Å². The molecule has 1 aliphatic heterocycles. The molecule has 2 fully saturated rings. The number of rotatable bonds is 4. The number of carbonyl (C=O) groups is 1. The number of hydrogen-bond acceptors (Lipinski definition) is 6. The highest BCUT2D eigenvalue weighted by molar-refractivity contribution is 7.99. The molecule has 1 atom stereocenters. The van der Waals surface area contributed by atoms with E-state index in [2.05, 4.69) is 28.4 Å². The van der Waals surface area contributed by atoms with Gasteiger partial charge >= 0.3 is 0 Å². The number of thiophene rings is 1. The van der Waals surface area contributed by atoms with Gasteiger partial charge in [-0.25, -0.2) is 4.98 Å². The fourth-order valence-electron chi connectivity index (χ4n) is 5.02. The first-order chi connectivity index (χ1) is 15.1. The number of piperidine rings is 1. The molecular formula is C23H29N5OS2. The van der Waals surface area contributed by atoms with Gasteiger partial charge < -0.3 is 4.90 Å². The Hall–Kier alpha value is -1.67. The monoisotopic (exact) mass is 455 g/mol. The Bertz CT molecular complexity index is 1160. The van der Waals surface area contributed by atoms with E-state index in [4.69, 9.17) is 4.98 Å². The number of aryl methyl sites for hydroxylation is 1. The van der Waals surface area contributed by atoms with Crippen LogP contribution in [0.1, 0.15) is 68.1 Å². The van der Waals surface area contributed by atoms with Crippen LogP contribution in [-0.2, 0) is 17.6 Å². The molecule has 0 unspecified atom stereocenters. The number of likely N-dealkylation sites (tertiary alicyclic amines) is 1. The largest absolute Gasteiger partial charge is 0.342 e. The van der Waals surface area contributed by atoms with E-state index < -0.39 is 0 Å². The number of thioether (sulfide) groups is 1. The van der Waals surface area contributed by atoms with Crippen LogP contribution in [0.3, 0.4) is 0 Å². The Kier molecular flexibility index (Phi) is 4.98. The van der Waals surface area contributed by atoms with Crippen molar-refractivity contribution >= 4 is 44.9 Å². The van der Waals surface area contributed by atoms with Gasteiger partial charge in [-0.15, -0.1) is 21.5 Å². The lowest BCUT2D eigenvalue weighted by Crippen LogP contribution is -2.38. The average molecular weight is 456 g/mol. The molecule has 3 aliphatic rings. The molecule has 4 heterocycles. The highest BCUT2D eigenvalue weighted by Gasteiger charge is 2.32. The van der Waals surface area contributed by atoms with E-state index in [0.717, 1.165) is 72.1 Å². The van der Waals surface area contributed by atoms with Crippen molar-refractivity contribution in [2.75, 3.05) is 18.8 Å². The van der Waals surface area contributed by atoms with Gasteiger partial charge in [0.2, 0.25) is 5.91 Å². The molecule has 0 bridgehead atoms. The van der Waals surface area contributed by atoms with E-state index in [1.54, 1.807) is 0 Å². The molecule has 3 aromatic rings. The van der Waals surface area contributed by atoms with Gasteiger partial charge in [0.25, 0.3) is 0 Å². The van der Waals surface area contributed by atoms with E-state index >= 15 is 0 Å². The van der Waals surface area contributed by atoms with Crippen LogP contribution >= 0.6 is 23.1 Å². The third kappa shape index (κ3) is 3.55. The van der Waals surface area contributed by atoms with Crippen molar-refractivity contribution in [3.05, 3.63) is 16.3 Å². The first kappa shape index (κ1) is 20.0. The molecule has 3 aromatic heterocycles. The summed E-state index contributed by atoms with van der Waals surface area (Å²) in [6, 6.07) is 0. The average Bonchev–Trinajstić information content (AvgIpc) is 3.42. The Balaban J connectivity index is 1.35. The SMILES string of the molecule is CC1CCN(C(=O)CSc2nnc3c4c5c(sc4nc(C4CC4)n23)C[C@@H](C)CC5)CC1. The van der Waals surface area contributed by atoms with E-state index in [0.29, 0.717) is 11.7 Å². The Morgan fingerprint density at radius 2 is 1.90 bits per heavy atom. The zero-order chi connectivity index (χ0) is 21.1.